The summed E-state index contributed by atoms with van der Waals surface area (Å²) in [5, 5.41) is 9.31. The largest absolute Gasteiger partial charge is 0.396 e. The summed E-state index contributed by atoms with van der Waals surface area (Å²) in [6.45, 7) is 9.30. The maximum Gasteiger partial charge on any atom is 0.133 e. The lowest BCUT2D eigenvalue weighted by Crippen LogP contribution is -2.14. The van der Waals surface area contributed by atoms with E-state index < -0.39 is 0 Å². The van der Waals surface area contributed by atoms with Gasteiger partial charge >= 0.3 is 0 Å². The third-order valence-corrected chi connectivity index (χ3v) is 2.46. The van der Waals surface area contributed by atoms with Crippen molar-refractivity contribution >= 4 is 5.78 Å². The molecule has 0 aromatic heterocycles. The van der Waals surface area contributed by atoms with Crippen molar-refractivity contribution in [3.63, 3.8) is 0 Å². The fourth-order valence-corrected chi connectivity index (χ4v) is 1.66. The zero-order valence-electron chi connectivity index (χ0n) is 10.1. The van der Waals surface area contributed by atoms with Crippen LogP contribution in [0.3, 0.4) is 0 Å². The molecule has 0 amide bonds. The van der Waals surface area contributed by atoms with Crippen molar-refractivity contribution in [1.82, 2.24) is 0 Å². The summed E-state index contributed by atoms with van der Waals surface area (Å²) in [6.07, 6.45) is 7.88. The molecule has 0 aromatic rings. The van der Waals surface area contributed by atoms with Crippen LogP contribution in [-0.4, -0.2) is 17.5 Å². The first kappa shape index (κ1) is 14.8. The molecule has 1 unspecified atom stereocenters. The molecule has 0 saturated carbocycles. The first-order valence-electron chi connectivity index (χ1n) is 5.74. The Kier molecular flexibility index (Phi) is 8.45. The molecule has 2 nitrogen and oxygen atoms in total. The van der Waals surface area contributed by atoms with Gasteiger partial charge in [0, 0.05) is 18.8 Å². The Balaban J connectivity index is 4.54. The van der Waals surface area contributed by atoms with E-state index in [-0.39, 0.29) is 18.3 Å². The molecule has 1 N–H and O–H groups in total. The Morgan fingerprint density at radius 2 is 2.12 bits per heavy atom. The topological polar surface area (TPSA) is 37.3 Å². The fraction of sp³-hybridized carbons (Fsp3) is 0.500. The van der Waals surface area contributed by atoms with Gasteiger partial charge in [0.05, 0.1) is 6.61 Å². The van der Waals surface area contributed by atoms with Crippen molar-refractivity contribution in [3.05, 3.63) is 37.0 Å². The van der Waals surface area contributed by atoms with Crippen LogP contribution in [0.5, 0.6) is 0 Å². The lowest BCUT2D eigenvalue weighted by molar-refractivity contribution is -0.120. The molecule has 0 aliphatic carbocycles. The van der Waals surface area contributed by atoms with Crippen LogP contribution in [0.4, 0.5) is 0 Å². The molecule has 0 saturated heterocycles. The van der Waals surface area contributed by atoms with Crippen LogP contribution in [0.2, 0.25) is 0 Å². The highest BCUT2D eigenvalue weighted by Gasteiger charge is 2.15. The lowest BCUT2D eigenvalue weighted by Gasteiger charge is -2.16. The van der Waals surface area contributed by atoms with E-state index in [0.717, 1.165) is 12.0 Å². The molecule has 0 spiro atoms. The molecule has 2 heteroatoms. The second-order valence-electron chi connectivity index (χ2n) is 3.84. The molecule has 0 fully saturated rings. The van der Waals surface area contributed by atoms with E-state index in [4.69, 9.17) is 0 Å². The molecule has 0 aliphatic rings. The first-order valence-corrected chi connectivity index (χ1v) is 5.74. The van der Waals surface area contributed by atoms with Gasteiger partial charge in [0.2, 0.25) is 0 Å². The second kappa shape index (κ2) is 9.10. The smallest absolute Gasteiger partial charge is 0.133 e. The van der Waals surface area contributed by atoms with Gasteiger partial charge in [-0.3, -0.25) is 4.79 Å². The molecule has 0 radical (unpaired) electrons. The van der Waals surface area contributed by atoms with Gasteiger partial charge in [0.15, 0.2) is 0 Å². The molecular weight excluding hydrogens is 200 g/mol. The van der Waals surface area contributed by atoms with Crippen molar-refractivity contribution in [2.75, 3.05) is 6.61 Å². The van der Waals surface area contributed by atoms with Gasteiger partial charge < -0.3 is 5.11 Å². The summed E-state index contributed by atoms with van der Waals surface area (Å²) in [5.74, 6) is 0.121. The van der Waals surface area contributed by atoms with Crippen molar-refractivity contribution in [2.24, 2.45) is 5.92 Å². The quantitative estimate of drug-likeness (QED) is 0.481. The summed E-state index contributed by atoms with van der Waals surface area (Å²) < 4.78 is 0. The second-order valence-corrected chi connectivity index (χ2v) is 3.84. The Hall–Kier alpha value is -1.15. The van der Waals surface area contributed by atoms with Gasteiger partial charge in [-0.2, -0.15) is 0 Å². The number of allylic oxidation sites excluding steroid dienone is 3. The fourth-order valence-electron chi connectivity index (χ4n) is 1.66. The third-order valence-electron chi connectivity index (χ3n) is 2.46. The number of carbonyl (C=O) groups is 1. The number of carbonyl (C=O) groups excluding carboxylic acids is 1. The molecule has 1 atom stereocenters. The number of Topliss-reactive ketones (excluding diaryl/α,β-unsaturated/α-hetero) is 1. The summed E-state index contributed by atoms with van der Waals surface area (Å²) in [5.41, 5.74) is 1.02. The number of rotatable bonds is 9. The van der Waals surface area contributed by atoms with Crippen molar-refractivity contribution in [3.8, 4) is 0 Å². The van der Waals surface area contributed by atoms with Crippen molar-refractivity contribution < 1.29 is 9.90 Å². The molecule has 0 heterocycles. The maximum absolute atomic E-state index is 11.5. The first-order chi connectivity index (χ1) is 7.69. The predicted octanol–water partition coefficient (Wildman–Crippen LogP) is 3.04. The van der Waals surface area contributed by atoms with Crippen LogP contribution in [0.25, 0.3) is 0 Å². The van der Waals surface area contributed by atoms with Crippen LogP contribution >= 0.6 is 0 Å². The molecule has 90 valence electrons. The number of hydrogen-bond acceptors (Lipinski definition) is 2. The standard InChI is InChI=1S/C14H22O2/c1-4-7-12(8-5-2)13(11-15)10-14(16)9-6-3/h4-5,7,13,15H,1-2,6,8-11H2,3H3/b12-7+. The monoisotopic (exact) mass is 222 g/mol. The van der Waals surface area contributed by atoms with E-state index in [1.807, 2.05) is 13.0 Å². The average Bonchev–Trinajstić information content (AvgIpc) is 2.26. The highest BCUT2D eigenvalue weighted by Crippen LogP contribution is 2.20. The average molecular weight is 222 g/mol. The maximum atomic E-state index is 11.5. The Morgan fingerprint density at radius 1 is 1.44 bits per heavy atom. The van der Waals surface area contributed by atoms with E-state index >= 15 is 0 Å². The molecule has 0 aliphatic heterocycles. The number of ketones is 1. The zero-order valence-corrected chi connectivity index (χ0v) is 10.1. The lowest BCUT2D eigenvalue weighted by atomic mass is 9.90. The molecule has 0 aromatic carbocycles. The van der Waals surface area contributed by atoms with Crippen LogP contribution in [0.1, 0.15) is 32.6 Å². The van der Waals surface area contributed by atoms with Crippen LogP contribution in [0, 0.1) is 5.92 Å². The summed E-state index contributed by atoms with van der Waals surface area (Å²) in [7, 11) is 0. The Morgan fingerprint density at radius 3 is 2.56 bits per heavy atom. The van der Waals surface area contributed by atoms with Crippen molar-refractivity contribution in [1.29, 1.82) is 0 Å². The highest BCUT2D eigenvalue weighted by molar-refractivity contribution is 5.78. The normalized spacial score (nSPS) is 13.2. The molecule has 0 rings (SSSR count). The van der Waals surface area contributed by atoms with E-state index in [9.17, 15) is 9.90 Å². The molecular formula is C14H22O2. The van der Waals surface area contributed by atoms with Gasteiger partial charge in [0.1, 0.15) is 5.78 Å². The van der Waals surface area contributed by atoms with Gasteiger partial charge in [-0.25, -0.2) is 0 Å². The Bertz CT molecular complexity index is 264. The minimum absolute atomic E-state index is 0.00294. The summed E-state index contributed by atoms with van der Waals surface area (Å²) in [6, 6.07) is 0. The third kappa shape index (κ3) is 5.66. The van der Waals surface area contributed by atoms with Crippen LogP contribution < -0.4 is 0 Å². The number of hydrogen-bond donors (Lipinski definition) is 1. The molecule has 0 bridgehead atoms. The number of aliphatic hydroxyl groups is 1. The summed E-state index contributed by atoms with van der Waals surface area (Å²) >= 11 is 0. The predicted molar refractivity (Wildman–Crippen MR) is 68.2 cm³/mol. The number of aliphatic hydroxyl groups excluding tert-OH is 1. The van der Waals surface area contributed by atoms with Gasteiger partial charge in [-0.15, -0.1) is 6.58 Å². The van der Waals surface area contributed by atoms with Crippen molar-refractivity contribution in [2.45, 2.75) is 32.6 Å². The molecule has 16 heavy (non-hydrogen) atoms. The van der Waals surface area contributed by atoms with Gasteiger partial charge in [0.25, 0.3) is 0 Å². The van der Waals surface area contributed by atoms with Gasteiger partial charge in [-0.1, -0.05) is 37.3 Å². The van der Waals surface area contributed by atoms with E-state index in [2.05, 4.69) is 13.2 Å². The zero-order chi connectivity index (χ0) is 12.4. The van der Waals surface area contributed by atoms with E-state index in [0.29, 0.717) is 19.3 Å². The highest BCUT2D eigenvalue weighted by atomic mass is 16.3. The van der Waals surface area contributed by atoms with Crippen LogP contribution in [-0.2, 0) is 4.79 Å². The van der Waals surface area contributed by atoms with Gasteiger partial charge in [-0.05, 0) is 12.8 Å². The van der Waals surface area contributed by atoms with E-state index in [1.54, 1.807) is 12.2 Å². The SMILES string of the molecule is C=C/C=C(\CC=C)C(CO)CC(=O)CCC. The van der Waals surface area contributed by atoms with E-state index in [1.165, 1.54) is 0 Å². The van der Waals surface area contributed by atoms with Crippen LogP contribution in [0.15, 0.2) is 37.0 Å². The minimum atomic E-state index is -0.0879. The Labute approximate surface area is 98.4 Å². The minimum Gasteiger partial charge on any atom is -0.396 e. The summed E-state index contributed by atoms with van der Waals surface area (Å²) in [4.78, 5) is 11.5.